The molecule has 0 bridgehead atoms. The number of esters is 1. The standard InChI is InChI=1S/C19H21N5O2/c1-13-5-4-6-21-17(13)23-7-9-24(10-8-23)18-15(12-20)11-16(14(2)22-18)19(25)26-3/h4-6,11H,7-10H2,1-3H3. The summed E-state index contributed by atoms with van der Waals surface area (Å²) in [7, 11) is 1.32. The Kier molecular flexibility index (Phi) is 5.03. The summed E-state index contributed by atoms with van der Waals surface area (Å²) in [6.07, 6.45) is 1.80. The highest BCUT2D eigenvalue weighted by atomic mass is 16.5. The van der Waals surface area contributed by atoms with E-state index in [9.17, 15) is 10.1 Å². The van der Waals surface area contributed by atoms with Gasteiger partial charge in [0.05, 0.1) is 23.9 Å². The normalized spacial score (nSPS) is 14.1. The molecule has 3 rings (SSSR count). The van der Waals surface area contributed by atoms with Crippen LogP contribution >= 0.6 is 0 Å². The van der Waals surface area contributed by atoms with Crippen LogP contribution in [0.4, 0.5) is 11.6 Å². The van der Waals surface area contributed by atoms with Gasteiger partial charge in [-0.15, -0.1) is 0 Å². The molecular weight excluding hydrogens is 330 g/mol. The molecule has 0 radical (unpaired) electrons. The van der Waals surface area contributed by atoms with Crippen LogP contribution in [0.2, 0.25) is 0 Å². The number of nitriles is 1. The van der Waals surface area contributed by atoms with Crippen molar-refractivity contribution in [1.29, 1.82) is 5.26 Å². The van der Waals surface area contributed by atoms with E-state index in [1.54, 1.807) is 19.2 Å². The molecule has 0 aliphatic carbocycles. The molecule has 0 unspecified atom stereocenters. The number of carbonyl (C=O) groups excluding carboxylic acids is 1. The summed E-state index contributed by atoms with van der Waals surface area (Å²) in [6.45, 7) is 6.86. The zero-order chi connectivity index (χ0) is 18.7. The van der Waals surface area contributed by atoms with E-state index in [2.05, 4.69) is 38.8 Å². The third kappa shape index (κ3) is 3.31. The van der Waals surface area contributed by atoms with Crippen LogP contribution in [0.1, 0.15) is 27.2 Å². The van der Waals surface area contributed by atoms with Gasteiger partial charge in [0, 0.05) is 32.4 Å². The molecule has 2 aromatic rings. The lowest BCUT2D eigenvalue weighted by molar-refractivity contribution is 0.0599. The number of piperazine rings is 1. The van der Waals surface area contributed by atoms with E-state index in [4.69, 9.17) is 4.74 Å². The monoisotopic (exact) mass is 351 g/mol. The van der Waals surface area contributed by atoms with Crippen LogP contribution in [0.3, 0.4) is 0 Å². The third-order valence-electron chi connectivity index (χ3n) is 4.58. The summed E-state index contributed by atoms with van der Waals surface area (Å²) >= 11 is 0. The largest absolute Gasteiger partial charge is 0.465 e. The lowest BCUT2D eigenvalue weighted by atomic mass is 10.1. The molecule has 0 amide bonds. The number of hydrogen-bond acceptors (Lipinski definition) is 7. The van der Waals surface area contributed by atoms with E-state index in [-0.39, 0.29) is 0 Å². The first-order valence-corrected chi connectivity index (χ1v) is 8.46. The van der Waals surface area contributed by atoms with Crippen LogP contribution in [-0.4, -0.2) is 49.2 Å². The maximum absolute atomic E-state index is 11.8. The lowest BCUT2D eigenvalue weighted by Crippen LogP contribution is -2.47. The summed E-state index contributed by atoms with van der Waals surface area (Å²) in [5.41, 5.74) is 2.43. The van der Waals surface area contributed by atoms with Crippen molar-refractivity contribution in [2.45, 2.75) is 13.8 Å². The second-order valence-electron chi connectivity index (χ2n) is 6.21. The minimum atomic E-state index is -0.478. The Morgan fingerprint density at radius 1 is 1.19 bits per heavy atom. The zero-order valence-electron chi connectivity index (χ0n) is 15.2. The molecule has 1 aliphatic heterocycles. The molecule has 2 aromatic heterocycles. The number of aryl methyl sites for hydroxylation is 2. The van der Waals surface area contributed by atoms with Gasteiger partial charge in [0.15, 0.2) is 0 Å². The van der Waals surface area contributed by atoms with Crippen LogP contribution in [0, 0.1) is 25.2 Å². The van der Waals surface area contributed by atoms with E-state index in [1.165, 1.54) is 7.11 Å². The number of nitrogens with zero attached hydrogens (tertiary/aromatic N) is 5. The Labute approximate surface area is 152 Å². The van der Waals surface area contributed by atoms with E-state index >= 15 is 0 Å². The maximum atomic E-state index is 11.8. The second kappa shape index (κ2) is 7.40. The van der Waals surface area contributed by atoms with E-state index < -0.39 is 5.97 Å². The molecule has 26 heavy (non-hydrogen) atoms. The van der Waals surface area contributed by atoms with Crippen LogP contribution in [0.25, 0.3) is 0 Å². The summed E-state index contributed by atoms with van der Waals surface area (Å²) in [5, 5.41) is 9.50. The summed E-state index contributed by atoms with van der Waals surface area (Å²) in [4.78, 5) is 25.1. The highest BCUT2D eigenvalue weighted by Gasteiger charge is 2.24. The number of hydrogen-bond donors (Lipinski definition) is 0. The van der Waals surface area contributed by atoms with Gasteiger partial charge >= 0.3 is 5.97 Å². The van der Waals surface area contributed by atoms with Gasteiger partial charge in [-0.05, 0) is 31.5 Å². The summed E-state index contributed by atoms with van der Waals surface area (Å²) < 4.78 is 4.76. The Bertz CT molecular complexity index is 867. The first-order chi connectivity index (χ1) is 12.5. The lowest BCUT2D eigenvalue weighted by Gasteiger charge is -2.37. The molecule has 0 atom stereocenters. The van der Waals surface area contributed by atoms with Crippen molar-refractivity contribution < 1.29 is 9.53 Å². The smallest absolute Gasteiger partial charge is 0.339 e. The highest BCUT2D eigenvalue weighted by molar-refractivity contribution is 5.91. The fourth-order valence-electron chi connectivity index (χ4n) is 3.17. The molecule has 1 fully saturated rings. The number of methoxy groups -OCH3 is 1. The third-order valence-corrected chi connectivity index (χ3v) is 4.58. The van der Waals surface area contributed by atoms with E-state index in [0.29, 0.717) is 22.6 Å². The first kappa shape index (κ1) is 17.7. The van der Waals surface area contributed by atoms with Crippen molar-refractivity contribution in [3.63, 3.8) is 0 Å². The van der Waals surface area contributed by atoms with Crippen LogP contribution in [-0.2, 0) is 4.74 Å². The minimum absolute atomic E-state index is 0.329. The van der Waals surface area contributed by atoms with Crippen LogP contribution in [0.15, 0.2) is 24.4 Å². The number of ether oxygens (including phenoxy) is 1. The van der Waals surface area contributed by atoms with Gasteiger partial charge in [-0.25, -0.2) is 14.8 Å². The van der Waals surface area contributed by atoms with Gasteiger partial charge < -0.3 is 14.5 Å². The Hall–Kier alpha value is -3.14. The van der Waals surface area contributed by atoms with Crippen molar-refractivity contribution in [2.24, 2.45) is 0 Å². The van der Waals surface area contributed by atoms with Crippen molar-refractivity contribution in [2.75, 3.05) is 43.1 Å². The average Bonchev–Trinajstić information content (AvgIpc) is 2.67. The quantitative estimate of drug-likeness (QED) is 0.783. The van der Waals surface area contributed by atoms with E-state index in [0.717, 1.165) is 37.6 Å². The van der Waals surface area contributed by atoms with E-state index in [1.807, 2.05) is 6.07 Å². The Morgan fingerprint density at radius 2 is 1.85 bits per heavy atom. The highest BCUT2D eigenvalue weighted by Crippen LogP contribution is 2.24. The molecular formula is C19H21N5O2. The van der Waals surface area contributed by atoms with Gasteiger partial charge in [-0.3, -0.25) is 0 Å². The minimum Gasteiger partial charge on any atom is -0.465 e. The van der Waals surface area contributed by atoms with Gasteiger partial charge in [-0.1, -0.05) is 6.07 Å². The Morgan fingerprint density at radius 3 is 2.42 bits per heavy atom. The predicted molar refractivity (Wildman–Crippen MR) is 98.4 cm³/mol. The molecule has 7 heteroatoms. The number of anilines is 2. The summed E-state index contributed by atoms with van der Waals surface area (Å²) in [6, 6.07) is 7.71. The van der Waals surface area contributed by atoms with Gasteiger partial charge in [0.1, 0.15) is 17.7 Å². The summed E-state index contributed by atoms with van der Waals surface area (Å²) in [5.74, 6) is 1.14. The second-order valence-corrected chi connectivity index (χ2v) is 6.21. The number of pyridine rings is 2. The van der Waals surface area contributed by atoms with Crippen molar-refractivity contribution in [1.82, 2.24) is 9.97 Å². The number of carbonyl (C=O) groups is 1. The van der Waals surface area contributed by atoms with Crippen molar-refractivity contribution in [3.05, 3.63) is 46.8 Å². The molecule has 7 nitrogen and oxygen atoms in total. The molecule has 0 spiro atoms. The number of aromatic nitrogens is 2. The van der Waals surface area contributed by atoms with Gasteiger partial charge in [0.25, 0.3) is 0 Å². The SMILES string of the molecule is COC(=O)c1cc(C#N)c(N2CCN(c3ncccc3C)CC2)nc1C. The zero-order valence-corrected chi connectivity index (χ0v) is 15.2. The van der Waals surface area contributed by atoms with Gasteiger partial charge in [-0.2, -0.15) is 5.26 Å². The van der Waals surface area contributed by atoms with Crippen molar-refractivity contribution in [3.8, 4) is 6.07 Å². The van der Waals surface area contributed by atoms with Crippen LogP contribution < -0.4 is 9.80 Å². The molecule has 3 heterocycles. The number of rotatable bonds is 3. The molecule has 1 saturated heterocycles. The first-order valence-electron chi connectivity index (χ1n) is 8.46. The molecule has 134 valence electrons. The topological polar surface area (TPSA) is 82.4 Å². The molecule has 0 aromatic carbocycles. The van der Waals surface area contributed by atoms with Crippen LogP contribution in [0.5, 0.6) is 0 Å². The molecule has 0 N–H and O–H groups in total. The maximum Gasteiger partial charge on any atom is 0.339 e. The average molecular weight is 351 g/mol. The fourth-order valence-corrected chi connectivity index (χ4v) is 3.17. The Balaban J connectivity index is 1.81. The van der Waals surface area contributed by atoms with Crippen molar-refractivity contribution >= 4 is 17.6 Å². The fraction of sp³-hybridized carbons (Fsp3) is 0.368. The predicted octanol–water partition coefficient (Wildman–Crippen LogP) is 2.08. The molecule has 1 aliphatic rings. The van der Waals surface area contributed by atoms with Gasteiger partial charge in [0.2, 0.25) is 0 Å². The molecule has 0 saturated carbocycles.